The second-order valence-electron chi connectivity index (χ2n) is 8.88. The van der Waals surface area contributed by atoms with Crippen molar-refractivity contribution in [1.29, 1.82) is 0 Å². The van der Waals surface area contributed by atoms with Gasteiger partial charge in [0.1, 0.15) is 0 Å². The molecule has 6 heteroatoms. The third kappa shape index (κ3) is 3.15. The van der Waals surface area contributed by atoms with Gasteiger partial charge in [-0.2, -0.15) is 0 Å². The highest BCUT2D eigenvalue weighted by atomic mass is 16.2. The van der Waals surface area contributed by atoms with Gasteiger partial charge in [-0.05, 0) is 36.8 Å². The maximum absolute atomic E-state index is 13.4. The molecule has 1 amide bonds. The van der Waals surface area contributed by atoms with Crippen molar-refractivity contribution < 1.29 is 4.79 Å². The Hall–Kier alpha value is -2.63. The van der Waals surface area contributed by atoms with Gasteiger partial charge < -0.3 is 9.88 Å². The zero-order chi connectivity index (χ0) is 20.0. The highest BCUT2D eigenvalue weighted by molar-refractivity contribution is 5.93. The van der Waals surface area contributed by atoms with Crippen LogP contribution in [-0.2, 0) is 6.42 Å². The number of benzene rings is 1. The van der Waals surface area contributed by atoms with E-state index in [-0.39, 0.29) is 11.9 Å². The maximum atomic E-state index is 13.4. The van der Waals surface area contributed by atoms with Crippen LogP contribution < -0.4 is 0 Å². The van der Waals surface area contributed by atoms with Crippen molar-refractivity contribution in [1.82, 2.24) is 24.9 Å². The minimum absolute atomic E-state index is 0.00457. The highest BCUT2D eigenvalue weighted by Crippen LogP contribution is 2.39. The van der Waals surface area contributed by atoms with Gasteiger partial charge in [-0.25, -0.2) is 4.68 Å². The van der Waals surface area contributed by atoms with E-state index in [0.717, 1.165) is 24.8 Å². The molecule has 5 rings (SSSR count). The van der Waals surface area contributed by atoms with Crippen LogP contribution in [0.5, 0.6) is 0 Å². The third-order valence-corrected chi connectivity index (χ3v) is 6.65. The number of hydrogen-bond acceptors (Lipinski definition) is 3. The van der Waals surface area contributed by atoms with Crippen molar-refractivity contribution in [2.45, 2.75) is 64.5 Å². The van der Waals surface area contributed by atoms with Crippen molar-refractivity contribution in [3.8, 4) is 0 Å². The minimum Gasteiger partial charge on any atom is -0.356 e. The number of amides is 1. The molecule has 0 saturated heterocycles. The molecule has 1 aliphatic carbocycles. The number of aromatic nitrogens is 4. The zero-order valence-electron chi connectivity index (χ0n) is 17.3. The minimum atomic E-state index is -0.00457. The molecule has 0 spiro atoms. The number of rotatable bonds is 3. The van der Waals surface area contributed by atoms with Gasteiger partial charge in [0, 0.05) is 23.1 Å². The summed E-state index contributed by atoms with van der Waals surface area (Å²) in [5.41, 5.74) is 4.16. The van der Waals surface area contributed by atoms with Gasteiger partial charge in [0.2, 0.25) is 0 Å². The number of para-hydroxylation sites is 1. The second kappa shape index (κ2) is 7.32. The summed E-state index contributed by atoms with van der Waals surface area (Å²) in [6.45, 7) is 5.09. The highest BCUT2D eigenvalue weighted by Gasteiger charge is 2.36. The molecule has 2 aromatic heterocycles. The molecule has 1 N–H and O–H groups in total. The number of nitrogens with zero attached hydrogens (tertiary/aromatic N) is 4. The Morgan fingerprint density at radius 1 is 1.17 bits per heavy atom. The first-order chi connectivity index (χ1) is 14.1. The van der Waals surface area contributed by atoms with E-state index < -0.39 is 0 Å². The number of fused-ring (bicyclic) bond motifs is 3. The summed E-state index contributed by atoms with van der Waals surface area (Å²) in [4.78, 5) is 19.0. The van der Waals surface area contributed by atoms with Gasteiger partial charge in [0.25, 0.3) is 5.91 Å². The van der Waals surface area contributed by atoms with Crippen LogP contribution in [-0.4, -0.2) is 37.3 Å². The molecule has 3 aromatic rings. The Balaban J connectivity index is 1.46. The van der Waals surface area contributed by atoms with E-state index >= 15 is 0 Å². The monoisotopic (exact) mass is 391 g/mol. The summed E-state index contributed by atoms with van der Waals surface area (Å²) in [6.07, 6.45) is 8.77. The number of carbonyl (C=O) groups is 1. The molecule has 1 saturated carbocycles. The summed E-state index contributed by atoms with van der Waals surface area (Å²) in [6, 6.07) is 8.85. The molecule has 0 bridgehead atoms. The molecular formula is C23H29N5O. The first kappa shape index (κ1) is 18.4. The smallest absolute Gasteiger partial charge is 0.276 e. The SMILES string of the molecule is CC(C)[C@@H]1c2[nH]c3ccccc3c2CCN1C(=O)c1cn(C2CCCCC2)nn1. The second-order valence-corrected chi connectivity index (χ2v) is 8.88. The van der Waals surface area contributed by atoms with Crippen LogP contribution in [0.4, 0.5) is 0 Å². The summed E-state index contributed by atoms with van der Waals surface area (Å²) in [7, 11) is 0. The van der Waals surface area contributed by atoms with Crippen LogP contribution in [0, 0.1) is 5.92 Å². The van der Waals surface area contributed by atoms with E-state index in [1.165, 1.54) is 35.9 Å². The Kier molecular flexibility index (Phi) is 4.64. The molecule has 6 nitrogen and oxygen atoms in total. The number of H-pyrrole nitrogens is 1. The average molecular weight is 392 g/mol. The average Bonchev–Trinajstić information content (AvgIpc) is 3.38. The Labute approximate surface area is 171 Å². The fraction of sp³-hybridized carbons (Fsp3) is 0.522. The summed E-state index contributed by atoms with van der Waals surface area (Å²) < 4.78 is 1.93. The summed E-state index contributed by atoms with van der Waals surface area (Å²) in [5.74, 6) is 0.300. The van der Waals surface area contributed by atoms with E-state index in [1.54, 1.807) is 0 Å². The quantitative estimate of drug-likeness (QED) is 0.706. The van der Waals surface area contributed by atoms with Crippen LogP contribution in [0.2, 0.25) is 0 Å². The molecule has 29 heavy (non-hydrogen) atoms. The van der Waals surface area contributed by atoms with Crippen molar-refractivity contribution >= 4 is 16.8 Å². The molecule has 1 aromatic carbocycles. The van der Waals surface area contributed by atoms with Gasteiger partial charge in [0.05, 0.1) is 18.3 Å². The van der Waals surface area contributed by atoms with E-state index in [4.69, 9.17) is 0 Å². The fourth-order valence-corrected chi connectivity index (χ4v) is 5.24. The molecule has 0 radical (unpaired) electrons. The van der Waals surface area contributed by atoms with Crippen LogP contribution in [0.25, 0.3) is 10.9 Å². The third-order valence-electron chi connectivity index (χ3n) is 6.65. The van der Waals surface area contributed by atoms with Gasteiger partial charge in [-0.1, -0.05) is 56.5 Å². The number of nitrogens with one attached hydrogen (secondary N) is 1. The fourth-order valence-electron chi connectivity index (χ4n) is 5.24. The van der Waals surface area contributed by atoms with E-state index in [1.807, 2.05) is 15.8 Å². The Bertz CT molecular complexity index is 1030. The molecular weight excluding hydrogens is 362 g/mol. The van der Waals surface area contributed by atoms with Crippen LogP contribution in [0.3, 0.4) is 0 Å². The van der Waals surface area contributed by atoms with Gasteiger partial charge in [-0.3, -0.25) is 4.79 Å². The molecule has 3 heterocycles. The Morgan fingerprint density at radius 3 is 2.76 bits per heavy atom. The molecule has 0 unspecified atom stereocenters. The molecule has 2 aliphatic rings. The predicted octanol–water partition coefficient (Wildman–Crippen LogP) is 4.66. The van der Waals surface area contributed by atoms with Crippen LogP contribution >= 0.6 is 0 Å². The zero-order valence-corrected chi connectivity index (χ0v) is 17.3. The van der Waals surface area contributed by atoms with Crippen molar-refractivity contribution in [2.24, 2.45) is 5.92 Å². The standard InChI is InChI=1S/C23H29N5O/c1-15(2)22-21-18(17-10-6-7-11-19(17)24-21)12-13-27(22)23(29)20-14-28(26-25-20)16-8-4-3-5-9-16/h6-7,10-11,14-16,22,24H,3-5,8-9,12-13H2,1-2H3/t22-/m1/s1. The van der Waals surface area contributed by atoms with Gasteiger partial charge in [-0.15, -0.1) is 5.10 Å². The summed E-state index contributed by atoms with van der Waals surface area (Å²) in [5, 5.41) is 9.87. The number of carbonyl (C=O) groups excluding carboxylic acids is 1. The predicted molar refractivity (Wildman–Crippen MR) is 113 cm³/mol. The van der Waals surface area contributed by atoms with Crippen molar-refractivity contribution in [2.75, 3.05) is 6.54 Å². The van der Waals surface area contributed by atoms with Crippen molar-refractivity contribution in [3.05, 3.63) is 47.4 Å². The number of hydrogen-bond donors (Lipinski definition) is 1. The lowest BCUT2D eigenvalue weighted by atomic mass is 9.90. The molecule has 1 atom stereocenters. The van der Waals surface area contributed by atoms with Crippen molar-refractivity contribution in [3.63, 3.8) is 0 Å². The largest absolute Gasteiger partial charge is 0.356 e. The lowest BCUT2D eigenvalue weighted by Gasteiger charge is -2.37. The van der Waals surface area contributed by atoms with E-state index in [0.29, 0.717) is 24.2 Å². The topological polar surface area (TPSA) is 66.8 Å². The Morgan fingerprint density at radius 2 is 1.97 bits per heavy atom. The first-order valence-corrected chi connectivity index (χ1v) is 11.0. The van der Waals surface area contributed by atoms with Gasteiger partial charge in [0.15, 0.2) is 5.69 Å². The lowest BCUT2D eigenvalue weighted by Crippen LogP contribution is -2.42. The van der Waals surface area contributed by atoms with Crippen LogP contribution in [0.15, 0.2) is 30.5 Å². The molecule has 1 fully saturated rings. The number of aromatic amines is 1. The molecule has 152 valence electrons. The normalized spacial score (nSPS) is 20.4. The van der Waals surface area contributed by atoms with E-state index in [9.17, 15) is 4.79 Å². The lowest BCUT2D eigenvalue weighted by molar-refractivity contribution is 0.0592. The summed E-state index contributed by atoms with van der Waals surface area (Å²) >= 11 is 0. The maximum Gasteiger partial charge on any atom is 0.276 e. The van der Waals surface area contributed by atoms with E-state index in [2.05, 4.69) is 53.4 Å². The molecule has 1 aliphatic heterocycles. The van der Waals surface area contributed by atoms with Gasteiger partial charge >= 0.3 is 0 Å². The van der Waals surface area contributed by atoms with Crippen LogP contribution in [0.1, 0.15) is 79.8 Å². The first-order valence-electron chi connectivity index (χ1n) is 11.0.